The Morgan fingerprint density at radius 1 is 1.06 bits per heavy atom. The number of piperidine rings is 1. The molecule has 0 N–H and O–H groups in total. The van der Waals surface area contributed by atoms with Crippen LogP contribution in [0.4, 0.5) is 0 Å². The molecule has 2 aliphatic rings. The normalized spacial score (nSPS) is 19.0. The maximum atomic E-state index is 13.1. The molecule has 1 aromatic heterocycles. The molecule has 36 heavy (non-hydrogen) atoms. The van der Waals surface area contributed by atoms with Gasteiger partial charge in [0, 0.05) is 56.8 Å². The van der Waals surface area contributed by atoms with Crippen molar-refractivity contribution in [3.8, 4) is 5.75 Å². The third-order valence-electron chi connectivity index (χ3n) is 7.55. The van der Waals surface area contributed by atoms with E-state index in [9.17, 15) is 9.59 Å². The highest BCUT2D eigenvalue weighted by atomic mass is 16.5. The summed E-state index contributed by atoms with van der Waals surface area (Å²) in [6.07, 6.45) is 2.80. The fraction of sp³-hybridized carbons (Fsp3) is 0.448. The molecule has 2 aliphatic heterocycles. The summed E-state index contributed by atoms with van der Waals surface area (Å²) in [7, 11) is 3.50. The minimum atomic E-state index is -0.447. The number of fused-ring (bicyclic) bond motifs is 2. The van der Waals surface area contributed by atoms with Crippen LogP contribution in [0.1, 0.15) is 34.5 Å². The van der Waals surface area contributed by atoms with Gasteiger partial charge in [-0.1, -0.05) is 42.5 Å². The molecule has 7 nitrogen and oxygen atoms in total. The number of ether oxygens (including phenoxy) is 2. The van der Waals surface area contributed by atoms with E-state index in [1.807, 2.05) is 0 Å². The number of methoxy groups -OCH3 is 1. The first-order chi connectivity index (χ1) is 17.5. The van der Waals surface area contributed by atoms with Gasteiger partial charge in [0.1, 0.15) is 11.3 Å². The van der Waals surface area contributed by atoms with Crippen LogP contribution in [-0.4, -0.2) is 67.3 Å². The molecule has 7 heteroatoms. The third kappa shape index (κ3) is 5.18. The molecule has 1 saturated heterocycles. The van der Waals surface area contributed by atoms with Gasteiger partial charge in [0.05, 0.1) is 13.7 Å². The van der Waals surface area contributed by atoms with Gasteiger partial charge in [-0.25, -0.2) is 4.79 Å². The SMILES string of the molecule is COC(=O)c1c(OC[C@@H]2CCCN(C)C2)cc(=O)n2c1CCN(Cc1cccc3ccccc13)CC2. The molecule has 2 aromatic carbocycles. The van der Waals surface area contributed by atoms with Crippen LogP contribution in [0.25, 0.3) is 10.8 Å². The van der Waals surface area contributed by atoms with Crippen LogP contribution < -0.4 is 10.3 Å². The first-order valence-corrected chi connectivity index (χ1v) is 12.9. The van der Waals surface area contributed by atoms with Crippen molar-refractivity contribution < 1.29 is 14.3 Å². The molecule has 3 heterocycles. The molecule has 0 bridgehead atoms. The molecule has 0 aliphatic carbocycles. The lowest BCUT2D eigenvalue weighted by Crippen LogP contribution is -2.35. The maximum Gasteiger partial charge on any atom is 0.343 e. The molecule has 0 amide bonds. The minimum absolute atomic E-state index is 0.125. The second-order valence-electron chi connectivity index (χ2n) is 10.1. The number of carbonyl (C=O) groups is 1. The third-order valence-corrected chi connectivity index (χ3v) is 7.55. The molecule has 0 unspecified atom stereocenters. The average Bonchev–Trinajstić information content (AvgIpc) is 3.10. The summed E-state index contributed by atoms with van der Waals surface area (Å²) in [5.74, 6) is 0.290. The monoisotopic (exact) mass is 489 g/mol. The summed E-state index contributed by atoms with van der Waals surface area (Å²) in [5.41, 5.74) is 2.25. The Kier molecular flexibility index (Phi) is 7.39. The number of pyridine rings is 1. The predicted octanol–water partition coefficient (Wildman–Crippen LogP) is 3.57. The Balaban J connectivity index is 1.38. The number of hydrogen-bond acceptors (Lipinski definition) is 6. The molecule has 0 spiro atoms. The van der Waals surface area contributed by atoms with E-state index in [0.717, 1.165) is 45.6 Å². The standard InChI is InChI=1S/C29H35N3O4/c1-30-13-6-7-21(18-30)20-36-26-17-27(33)32-16-15-31(14-12-25(32)28(26)29(34)35-2)19-23-10-5-9-22-8-3-4-11-24(22)23/h3-5,8-11,17,21H,6-7,12-16,18-20H2,1-2H3/t21-/m1/s1. The van der Waals surface area contributed by atoms with Crippen molar-refractivity contribution in [2.45, 2.75) is 32.4 Å². The van der Waals surface area contributed by atoms with Crippen LogP contribution >= 0.6 is 0 Å². The number of likely N-dealkylation sites (tertiary alicyclic amines) is 1. The fourth-order valence-corrected chi connectivity index (χ4v) is 5.68. The van der Waals surface area contributed by atoms with Crippen molar-refractivity contribution in [2.24, 2.45) is 5.92 Å². The Morgan fingerprint density at radius 3 is 2.72 bits per heavy atom. The first kappa shape index (κ1) is 24.5. The lowest BCUT2D eigenvalue weighted by molar-refractivity contribution is 0.0590. The van der Waals surface area contributed by atoms with Crippen LogP contribution in [0.5, 0.6) is 5.75 Å². The highest BCUT2D eigenvalue weighted by molar-refractivity contribution is 5.93. The van der Waals surface area contributed by atoms with E-state index in [2.05, 4.69) is 59.3 Å². The summed E-state index contributed by atoms with van der Waals surface area (Å²) in [6, 6.07) is 16.3. The summed E-state index contributed by atoms with van der Waals surface area (Å²) < 4.78 is 13.0. The molecular weight excluding hydrogens is 454 g/mol. The van der Waals surface area contributed by atoms with E-state index in [-0.39, 0.29) is 5.56 Å². The number of nitrogens with zero attached hydrogens (tertiary/aromatic N) is 3. The summed E-state index contributed by atoms with van der Waals surface area (Å²) >= 11 is 0. The zero-order valence-corrected chi connectivity index (χ0v) is 21.2. The van der Waals surface area contributed by atoms with Gasteiger partial charge in [0.2, 0.25) is 0 Å². The van der Waals surface area contributed by atoms with Gasteiger partial charge in [-0.05, 0) is 42.8 Å². The largest absolute Gasteiger partial charge is 0.492 e. The van der Waals surface area contributed by atoms with Crippen molar-refractivity contribution in [3.05, 3.63) is 75.7 Å². The van der Waals surface area contributed by atoms with Crippen molar-refractivity contribution in [2.75, 3.05) is 46.9 Å². The van der Waals surface area contributed by atoms with Gasteiger partial charge in [-0.3, -0.25) is 9.69 Å². The Morgan fingerprint density at radius 2 is 1.89 bits per heavy atom. The number of carbonyl (C=O) groups excluding carboxylic acids is 1. The van der Waals surface area contributed by atoms with E-state index in [4.69, 9.17) is 9.47 Å². The first-order valence-electron chi connectivity index (χ1n) is 12.9. The predicted molar refractivity (Wildman–Crippen MR) is 141 cm³/mol. The van der Waals surface area contributed by atoms with Crippen LogP contribution in [0.2, 0.25) is 0 Å². The number of benzene rings is 2. The molecule has 3 aromatic rings. The van der Waals surface area contributed by atoms with Gasteiger partial charge >= 0.3 is 5.97 Å². The Labute approximate surface area is 212 Å². The van der Waals surface area contributed by atoms with Crippen LogP contribution in [-0.2, 0) is 24.2 Å². The highest BCUT2D eigenvalue weighted by Crippen LogP contribution is 2.27. The highest BCUT2D eigenvalue weighted by Gasteiger charge is 2.27. The lowest BCUT2D eigenvalue weighted by Gasteiger charge is -2.29. The molecular formula is C29H35N3O4. The zero-order chi connectivity index (χ0) is 25.1. The van der Waals surface area contributed by atoms with Gasteiger partial charge < -0.3 is 18.9 Å². The number of esters is 1. The zero-order valence-electron chi connectivity index (χ0n) is 21.2. The van der Waals surface area contributed by atoms with Crippen LogP contribution in [0.3, 0.4) is 0 Å². The van der Waals surface area contributed by atoms with Gasteiger partial charge in [-0.2, -0.15) is 0 Å². The van der Waals surface area contributed by atoms with Gasteiger partial charge in [0.25, 0.3) is 5.56 Å². The topological polar surface area (TPSA) is 64.0 Å². The summed E-state index contributed by atoms with van der Waals surface area (Å²) in [5, 5.41) is 2.47. The van der Waals surface area contributed by atoms with E-state index >= 15 is 0 Å². The van der Waals surface area contributed by atoms with Crippen LogP contribution in [0.15, 0.2) is 53.3 Å². The fourth-order valence-electron chi connectivity index (χ4n) is 5.68. The Hall–Kier alpha value is -3.16. The quantitative estimate of drug-likeness (QED) is 0.494. The maximum absolute atomic E-state index is 13.1. The van der Waals surface area contributed by atoms with E-state index in [1.54, 1.807) is 4.57 Å². The molecule has 0 radical (unpaired) electrons. The van der Waals surface area contributed by atoms with Gasteiger partial charge in [-0.15, -0.1) is 0 Å². The second kappa shape index (κ2) is 10.8. The van der Waals surface area contributed by atoms with Crippen molar-refractivity contribution in [3.63, 3.8) is 0 Å². The summed E-state index contributed by atoms with van der Waals surface area (Å²) in [4.78, 5) is 30.7. The van der Waals surface area contributed by atoms with E-state index in [0.29, 0.717) is 42.5 Å². The lowest BCUT2D eigenvalue weighted by atomic mass is 9.99. The smallest absolute Gasteiger partial charge is 0.343 e. The second-order valence-corrected chi connectivity index (χ2v) is 10.1. The molecule has 1 fully saturated rings. The van der Waals surface area contributed by atoms with Crippen molar-refractivity contribution in [1.82, 2.24) is 14.4 Å². The number of hydrogen-bond donors (Lipinski definition) is 0. The van der Waals surface area contributed by atoms with Crippen molar-refractivity contribution in [1.29, 1.82) is 0 Å². The number of rotatable bonds is 6. The molecule has 190 valence electrons. The number of aromatic nitrogens is 1. The summed E-state index contributed by atoms with van der Waals surface area (Å²) in [6.45, 7) is 5.33. The van der Waals surface area contributed by atoms with Crippen molar-refractivity contribution >= 4 is 16.7 Å². The van der Waals surface area contributed by atoms with Gasteiger partial charge in [0.15, 0.2) is 0 Å². The minimum Gasteiger partial charge on any atom is -0.492 e. The molecule has 5 rings (SSSR count). The van der Waals surface area contributed by atoms with E-state index < -0.39 is 5.97 Å². The van der Waals surface area contributed by atoms with Crippen LogP contribution in [0, 0.1) is 5.92 Å². The Bertz CT molecular complexity index is 1300. The molecule has 0 saturated carbocycles. The average molecular weight is 490 g/mol. The van der Waals surface area contributed by atoms with E-state index in [1.165, 1.54) is 29.5 Å². The molecule has 1 atom stereocenters.